The van der Waals surface area contributed by atoms with Gasteiger partial charge in [-0.1, -0.05) is 146 Å². The van der Waals surface area contributed by atoms with Crippen molar-refractivity contribution >= 4 is 49.4 Å². The third-order valence-corrected chi connectivity index (χ3v) is 11.9. The number of hydrogen-bond acceptors (Lipinski definition) is 1. The van der Waals surface area contributed by atoms with Crippen molar-refractivity contribution in [2.45, 2.75) is 32.6 Å². The fourth-order valence-corrected chi connectivity index (χ4v) is 9.14. The smallest absolute Gasteiger partial charge is 0.0715 e. The highest BCUT2D eigenvalue weighted by atomic mass is 15.1. The summed E-state index contributed by atoms with van der Waals surface area (Å²) in [6, 6.07) is 68.5. The molecule has 0 aromatic heterocycles. The molecule has 0 saturated carbocycles. The molecular weight excluding hydrogens is 651 g/mol. The summed E-state index contributed by atoms with van der Waals surface area (Å²) in [5.74, 6) is 0. The maximum absolute atomic E-state index is 2.50. The molecule has 0 N–H and O–H groups in total. The Morgan fingerprint density at radius 3 is 1.59 bits per heavy atom. The van der Waals surface area contributed by atoms with E-state index in [9.17, 15) is 0 Å². The fourth-order valence-electron chi connectivity index (χ4n) is 9.14. The molecule has 9 aromatic carbocycles. The van der Waals surface area contributed by atoms with Gasteiger partial charge in [0.15, 0.2) is 0 Å². The molecule has 0 radical (unpaired) electrons. The Labute approximate surface area is 317 Å². The van der Waals surface area contributed by atoms with E-state index in [1.54, 1.807) is 0 Å². The SMILES string of the molecule is CCc1ccc(N(c2ccc(C)cc2)c2ccc3c(c2)C(c2ccc4ccccc4c2)(c2ccc4ccccc4c2)c2cc(C)c4ccccc4c2-3)cc1. The van der Waals surface area contributed by atoms with Crippen molar-refractivity contribution in [2.75, 3.05) is 4.90 Å². The van der Waals surface area contributed by atoms with Gasteiger partial charge in [0.05, 0.1) is 5.41 Å². The van der Waals surface area contributed by atoms with Gasteiger partial charge in [-0.3, -0.25) is 0 Å². The van der Waals surface area contributed by atoms with E-state index in [2.05, 4.69) is 208 Å². The highest BCUT2D eigenvalue weighted by Gasteiger charge is 2.47. The minimum atomic E-state index is -0.589. The number of aryl methyl sites for hydroxylation is 3. The van der Waals surface area contributed by atoms with Gasteiger partial charge >= 0.3 is 0 Å². The second kappa shape index (κ2) is 12.6. The van der Waals surface area contributed by atoms with Crippen LogP contribution in [0.5, 0.6) is 0 Å². The van der Waals surface area contributed by atoms with Crippen LogP contribution in [0, 0.1) is 13.8 Å². The lowest BCUT2D eigenvalue weighted by molar-refractivity contribution is 0.771. The van der Waals surface area contributed by atoms with Gasteiger partial charge in [0.1, 0.15) is 0 Å². The molecule has 0 unspecified atom stereocenters. The summed E-state index contributed by atoms with van der Waals surface area (Å²) >= 11 is 0. The van der Waals surface area contributed by atoms with Gasteiger partial charge < -0.3 is 4.90 Å². The molecule has 1 nitrogen and oxygen atoms in total. The summed E-state index contributed by atoms with van der Waals surface area (Å²) in [4.78, 5) is 2.43. The highest BCUT2D eigenvalue weighted by molar-refractivity contribution is 6.06. The topological polar surface area (TPSA) is 3.24 Å². The molecule has 0 spiro atoms. The Hall–Kier alpha value is -6.44. The third kappa shape index (κ3) is 4.92. The Bertz CT molecular complexity index is 2800. The summed E-state index contributed by atoms with van der Waals surface area (Å²) < 4.78 is 0. The zero-order valence-electron chi connectivity index (χ0n) is 31.0. The van der Waals surface area contributed by atoms with E-state index >= 15 is 0 Å². The molecule has 0 amide bonds. The first-order valence-corrected chi connectivity index (χ1v) is 19.1. The molecule has 0 heterocycles. The van der Waals surface area contributed by atoms with Crippen LogP contribution >= 0.6 is 0 Å². The number of benzene rings is 9. The van der Waals surface area contributed by atoms with E-state index in [0.29, 0.717) is 0 Å². The average molecular weight is 692 g/mol. The molecule has 0 bridgehead atoms. The predicted octanol–water partition coefficient (Wildman–Crippen LogP) is 14.2. The van der Waals surface area contributed by atoms with Crippen LogP contribution in [0.25, 0.3) is 43.4 Å². The number of nitrogens with zero attached hydrogens (tertiary/aromatic N) is 1. The second-order valence-electron chi connectivity index (χ2n) is 15.0. The molecular formula is C53H41N. The van der Waals surface area contributed by atoms with Gasteiger partial charge in [0.25, 0.3) is 0 Å². The monoisotopic (exact) mass is 691 g/mol. The number of fused-ring (bicyclic) bond motifs is 7. The van der Waals surface area contributed by atoms with Gasteiger partial charge in [0, 0.05) is 17.1 Å². The molecule has 0 saturated heterocycles. The lowest BCUT2D eigenvalue weighted by atomic mass is 9.66. The first kappa shape index (κ1) is 32.2. The summed E-state index contributed by atoms with van der Waals surface area (Å²) in [6.07, 6.45) is 1.01. The van der Waals surface area contributed by atoms with Gasteiger partial charge in [-0.15, -0.1) is 0 Å². The van der Waals surface area contributed by atoms with E-state index in [-0.39, 0.29) is 0 Å². The standard InChI is InChI=1S/C53H41N/c1-4-37-19-27-45(28-20-37)54(44-25-17-35(2)18-26-44)46-29-30-49-50(34-46)53(42-23-21-38-11-5-7-13-40(38)32-42,43-24-22-39-12-6-8-14-41(39)33-43)51-31-36(3)47-15-9-10-16-48(47)52(49)51/h5-34H,4H2,1-3H3. The van der Waals surface area contributed by atoms with E-state index in [1.165, 1.54) is 82.4 Å². The van der Waals surface area contributed by atoms with Crippen molar-refractivity contribution < 1.29 is 0 Å². The zero-order valence-corrected chi connectivity index (χ0v) is 31.0. The molecule has 9 aromatic rings. The summed E-state index contributed by atoms with van der Waals surface area (Å²) in [5, 5.41) is 7.59. The van der Waals surface area contributed by atoms with Crippen LogP contribution in [-0.4, -0.2) is 0 Å². The van der Waals surface area contributed by atoms with Gasteiger partial charge in [-0.05, 0) is 146 Å². The van der Waals surface area contributed by atoms with Gasteiger partial charge in [-0.25, -0.2) is 0 Å². The lowest BCUT2D eigenvalue weighted by Crippen LogP contribution is -2.29. The van der Waals surface area contributed by atoms with Crippen molar-refractivity contribution in [3.8, 4) is 11.1 Å². The van der Waals surface area contributed by atoms with Crippen molar-refractivity contribution in [3.05, 3.63) is 221 Å². The fraction of sp³-hybridized carbons (Fsp3) is 0.0943. The molecule has 10 rings (SSSR count). The highest BCUT2D eigenvalue weighted by Crippen LogP contribution is 2.59. The average Bonchev–Trinajstić information content (AvgIpc) is 3.51. The van der Waals surface area contributed by atoms with Gasteiger partial charge in [0.2, 0.25) is 0 Å². The Balaban J connectivity index is 1.34. The van der Waals surface area contributed by atoms with E-state index in [0.717, 1.165) is 23.5 Å². The second-order valence-corrected chi connectivity index (χ2v) is 15.0. The van der Waals surface area contributed by atoms with Crippen LogP contribution < -0.4 is 4.90 Å². The van der Waals surface area contributed by atoms with Crippen molar-refractivity contribution in [3.63, 3.8) is 0 Å². The normalized spacial score (nSPS) is 12.9. The van der Waals surface area contributed by atoms with Gasteiger partial charge in [-0.2, -0.15) is 0 Å². The van der Waals surface area contributed by atoms with Crippen LogP contribution in [0.2, 0.25) is 0 Å². The summed E-state index contributed by atoms with van der Waals surface area (Å²) in [6.45, 7) is 6.65. The number of anilines is 3. The Morgan fingerprint density at radius 1 is 0.444 bits per heavy atom. The van der Waals surface area contributed by atoms with E-state index in [4.69, 9.17) is 0 Å². The number of rotatable bonds is 6. The number of hydrogen-bond donors (Lipinski definition) is 0. The summed E-state index contributed by atoms with van der Waals surface area (Å²) in [7, 11) is 0. The molecule has 1 aliphatic carbocycles. The van der Waals surface area contributed by atoms with Crippen LogP contribution in [-0.2, 0) is 11.8 Å². The quantitative estimate of drug-likeness (QED) is 0.168. The minimum absolute atomic E-state index is 0.589. The molecule has 258 valence electrons. The van der Waals surface area contributed by atoms with Crippen molar-refractivity contribution in [1.29, 1.82) is 0 Å². The van der Waals surface area contributed by atoms with Crippen LogP contribution in [0.1, 0.15) is 45.9 Å². The van der Waals surface area contributed by atoms with E-state index < -0.39 is 5.41 Å². The largest absolute Gasteiger partial charge is 0.310 e. The molecule has 0 fully saturated rings. The molecule has 1 aliphatic rings. The molecule has 54 heavy (non-hydrogen) atoms. The van der Waals surface area contributed by atoms with Crippen molar-refractivity contribution in [1.82, 2.24) is 0 Å². The Kier molecular flexibility index (Phi) is 7.52. The molecule has 1 heteroatoms. The first-order valence-electron chi connectivity index (χ1n) is 19.1. The predicted molar refractivity (Wildman–Crippen MR) is 230 cm³/mol. The minimum Gasteiger partial charge on any atom is -0.310 e. The first-order chi connectivity index (χ1) is 26.5. The maximum atomic E-state index is 2.50. The van der Waals surface area contributed by atoms with Crippen LogP contribution in [0.15, 0.2) is 182 Å². The molecule has 0 aliphatic heterocycles. The Morgan fingerprint density at radius 2 is 0.981 bits per heavy atom. The third-order valence-electron chi connectivity index (χ3n) is 11.9. The molecule has 0 atom stereocenters. The van der Waals surface area contributed by atoms with Crippen LogP contribution in [0.4, 0.5) is 17.1 Å². The van der Waals surface area contributed by atoms with Crippen LogP contribution in [0.3, 0.4) is 0 Å². The maximum Gasteiger partial charge on any atom is 0.0715 e. The summed E-state index contributed by atoms with van der Waals surface area (Å²) in [5.41, 5.74) is 14.5. The zero-order chi connectivity index (χ0) is 36.4. The van der Waals surface area contributed by atoms with E-state index in [1.807, 2.05) is 0 Å². The van der Waals surface area contributed by atoms with Crippen molar-refractivity contribution in [2.24, 2.45) is 0 Å². The lowest BCUT2D eigenvalue weighted by Gasteiger charge is -2.35.